The molecule has 0 aliphatic carbocycles. The van der Waals surface area contributed by atoms with E-state index in [1.807, 2.05) is 38.1 Å². The molecule has 5 nitrogen and oxygen atoms in total. The van der Waals surface area contributed by atoms with Gasteiger partial charge in [-0.25, -0.2) is 9.97 Å². The number of nitrogens with one attached hydrogen (secondary N) is 1. The lowest BCUT2D eigenvalue weighted by molar-refractivity contribution is -0.117. The number of hydrogen-bond acceptors (Lipinski definition) is 4. The highest BCUT2D eigenvalue weighted by molar-refractivity contribution is 5.89. The number of amides is 1. The van der Waals surface area contributed by atoms with E-state index in [-0.39, 0.29) is 11.8 Å². The Kier molecular flexibility index (Phi) is 5.47. The zero-order valence-corrected chi connectivity index (χ0v) is 13.2. The number of methoxy groups -OCH3 is 1. The van der Waals surface area contributed by atoms with Gasteiger partial charge in [-0.3, -0.25) is 10.1 Å². The third kappa shape index (κ3) is 4.55. The fourth-order valence-electron chi connectivity index (χ4n) is 2.32. The van der Waals surface area contributed by atoms with Gasteiger partial charge in [0, 0.05) is 18.3 Å². The molecule has 0 bridgehead atoms. The molecule has 1 aromatic heterocycles. The Morgan fingerprint density at radius 3 is 2.82 bits per heavy atom. The molecular weight excluding hydrogens is 278 g/mol. The summed E-state index contributed by atoms with van der Waals surface area (Å²) in [5, 5.41) is 2.74. The predicted molar refractivity (Wildman–Crippen MR) is 85.9 cm³/mol. The first-order valence-corrected chi connectivity index (χ1v) is 7.30. The molecule has 0 radical (unpaired) electrons. The number of carbonyl (C=O) groups excluding carboxylic acids is 1. The average Bonchev–Trinajstić information content (AvgIpc) is 2.47. The van der Waals surface area contributed by atoms with Crippen LogP contribution in [0, 0.1) is 12.8 Å². The van der Waals surface area contributed by atoms with Gasteiger partial charge in [0.1, 0.15) is 5.75 Å². The van der Waals surface area contributed by atoms with Crippen LogP contribution < -0.4 is 10.1 Å². The van der Waals surface area contributed by atoms with E-state index >= 15 is 0 Å². The Morgan fingerprint density at radius 2 is 2.09 bits per heavy atom. The van der Waals surface area contributed by atoms with Crippen LogP contribution in [0.2, 0.25) is 0 Å². The first kappa shape index (κ1) is 15.9. The van der Waals surface area contributed by atoms with E-state index < -0.39 is 0 Å². The molecule has 1 atom stereocenters. The summed E-state index contributed by atoms with van der Waals surface area (Å²) in [5.41, 5.74) is 1.93. The fourth-order valence-corrected chi connectivity index (χ4v) is 2.32. The Morgan fingerprint density at radius 1 is 1.32 bits per heavy atom. The second-order valence-corrected chi connectivity index (χ2v) is 5.40. The zero-order valence-electron chi connectivity index (χ0n) is 13.2. The number of anilines is 1. The molecule has 0 aliphatic rings. The molecule has 1 heterocycles. The zero-order chi connectivity index (χ0) is 15.9. The number of hydrogen-bond donors (Lipinski definition) is 1. The highest BCUT2D eigenvalue weighted by Gasteiger charge is 2.13. The summed E-state index contributed by atoms with van der Waals surface area (Å²) < 4.78 is 5.34. The highest BCUT2D eigenvalue weighted by Crippen LogP contribution is 2.22. The number of ether oxygens (including phenoxy) is 1. The molecular formula is C17H21N3O2. The van der Waals surface area contributed by atoms with Crippen LogP contribution in [0.15, 0.2) is 36.5 Å². The van der Waals surface area contributed by atoms with E-state index in [4.69, 9.17) is 4.74 Å². The second kappa shape index (κ2) is 7.54. The molecule has 0 fully saturated rings. The quantitative estimate of drug-likeness (QED) is 0.890. The van der Waals surface area contributed by atoms with Crippen molar-refractivity contribution in [1.29, 1.82) is 0 Å². The molecule has 116 valence electrons. The van der Waals surface area contributed by atoms with Gasteiger partial charge in [0.2, 0.25) is 11.9 Å². The lowest BCUT2D eigenvalue weighted by Gasteiger charge is -2.13. The number of benzene rings is 1. The van der Waals surface area contributed by atoms with Gasteiger partial charge in [-0.15, -0.1) is 0 Å². The van der Waals surface area contributed by atoms with Crippen LogP contribution >= 0.6 is 0 Å². The molecule has 1 aromatic carbocycles. The Labute approximate surface area is 130 Å². The normalized spacial score (nSPS) is 11.8. The minimum Gasteiger partial charge on any atom is -0.496 e. The maximum Gasteiger partial charge on any atom is 0.229 e. The summed E-state index contributed by atoms with van der Waals surface area (Å²) >= 11 is 0. The van der Waals surface area contributed by atoms with Gasteiger partial charge in [-0.2, -0.15) is 0 Å². The summed E-state index contributed by atoms with van der Waals surface area (Å²) in [7, 11) is 1.66. The van der Waals surface area contributed by atoms with Crippen LogP contribution in [0.3, 0.4) is 0 Å². The van der Waals surface area contributed by atoms with Crippen molar-refractivity contribution in [3.63, 3.8) is 0 Å². The summed E-state index contributed by atoms with van der Waals surface area (Å²) in [6.07, 6.45) is 2.83. The van der Waals surface area contributed by atoms with E-state index in [0.717, 1.165) is 23.4 Å². The third-order valence-corrected chi connectivity index (χ3v) is 3.34. The number of rotatable bonds is 6. The maximum absolute atomic E-state index is 12.1. The molecule has 0 unspecified atom stereocenters. The van der Waals surface area contributed by atoms with E-state index in [1.54, 1.807) is 19.4 Å². The van der Waals surface area contributed by atoms with Crippen LogP contribution in [-0.4, -0.2) is 23.0 Å². The Hall–Kier alpha value is -2.43. The molecule has 0 saturated heterocycles. The van der Waals surface area contributed by atoms with Gasteiger partial charge < -0.3 is 4.74 Å². The molecule has 1 N–H and O–H groups in total. The van der Waals surface area contributed by atoms with Gasteiger partial charge >= 0.3 is 0 Å². The molecule has 0 spiro atoms. The second-order valence-electron chi connectivity index (χ2n) is 5.40. The van der Waals surface area contributed by atoms with Crippen LogP contribution in [0.1, 0.15) is 24.6 Å². The highest BCUT2D eigenvalue weighted by atomic mass is 16.5. The topological polar surface area (TPSA) is 64.1 Å². The van der Waals surface area contributed by atoms with Crippen LogP contribution in [0.5, 0.6) is 5.75 Å². The van der Waals surface area contributed by atoms with Gasteiger partial charge in [-0.1, -0.05) is 25.1 Å². The molecule has 0 saturated carbocycles. The first-order chi connectivity index (χ1) is 10.6. The summed E-state index contributed by atoms with van der Waals surface area (Å²) in [4.78, 5) is 20.3. The molecule has 2 rings (SSSR count). The van der Waals surface area contributed by atoms with Crippen molar-refractivity contribution in [3.05, 3.63) is 47.8 Å². The van der Waals surface area contributed by atoms with Crippen molar-refractivity contribution in [2.45, 2.75) is 26.7 Å². The summed E-state index contributed by atoms with van der Waals surface area (Å²) in [6, 6.07) is 9.67. The predicted octanol–water partition coefficient (Wildman–Crippen LogP) is 3.00. The van der Waals surface area contributed by atoms with Crippen molar-refractivity contribution < 1.29 is 9.53 Å². The van der Waals surface area contributed by atoms with Gasteiger partial charge in [0.15, 0.2) is 0 Å². The van der Waals surface area contributed by atoms with E-state index in [9.17, 15) is 4.79 Å². The van der Waals surface area contributed by atoms with E-state index in [1.165, 1.54) is 0 Å². The number of aryl methyl sites for hydroxylation is 1. The average molecular weight is 299 g/mol. The van der Waals surface area contributed by atoms with Gasteiger partial charge in [-0.05, 0) is 37.0 Å². The molecule has 1 amide bonds. The molecule has 5 heteroatoms. The lowest BCUT2D eigenvalue weighted by atomic mass is 9.97. The maximum atomic E-state index is 12.1. The molecule has 22 heavy (non-hydrogen) atoms. The van der Waals surface area contributed by atoms with Crippen molar-refractivity contribution in [2.24, 2.45) is 5.92 Å². The number of para-hydroxylation sites is 1. The first-order valence-electron chi connectivity index (χ1n) is 7.30. The standard InChI is InChI=1S/C17H21N3O2/c1-12(10-14-6-4-5-7-15(14)22-3)11-16(21)20-17-18-9-8-13(2)19-17/h4-9,12H,10-11H2,1-3H3,(H,18,19,20,21)/t12-/m0/s1. The fraction of sp³-hybridized carbons (Fsp3) is 0.353. The monoisotopic (exact) mass is 299 g/mol. The minimum absolute atomic E-state index is 0.0759. The van der Waals surface area contributed by atoms with Crippen LogP contribution in [0.4, 0.5) is 5.95 Å². The van der Waals surface area contributed by atoms with Gasteiger partial charge in [0.05, 0.1) is 7.11 Å². The molecule has 0 aliphatic heterocycles. The van der Waals surface area contributed by atoms with E-state index in [2.05, 4.69) is 15.3 Å². The van der Waals surface area contributed by atoms with Crippen molar-refractivity contribution in [1.82, 2.24) is 9.97 Å². The third-order valence-electron chi connectivity index (χ3n) is 3.34. The SMILES string of the molecule is COc1ccccc1C[C@H](C)CC(=O)Nc1nccc(C)n1. The summed E-state index contributed by atoms with van der Waals surface area (Å²) in [6.45, 7) is 3.91. The lowest BCUT2D eigenvalue weighted by Crippen LogP contribution is -2.18. The minimum atomic E-state index is -0.0759. The Bertz CT molecular complexity index is 643. The Balaban J connectivity index is 1.91. The van der Waals surface area contributed by atoms with Crippen molar-refractivity contribution in [3.8, 4) is 5.75 Å². The van der Waals surface area contributed by atoms with Crippen LogP contribution in [0.25, 0.3) is 0 Å². The van der Waals surface area contributed by atoms with Crippen molar-refractivity contribution in [2.75, 3.05) is 12.4 Å². The molecule has 2 aromatic rings. The largest absolute Gasteiger partial charge is 0.496 e. The smallest absolute Gasteiger partial charge is 0.229 e. The summed E-state index contributed by atoms with van der Waals surface area (Å²) in [5.74, 6) is 1.33. The van der Waals surface area contributed by atoms with Gasteiger partial charge in [0.25, 0.3) is 0 Å². The number of nitrogens with zero attached hydrogens (tertiary/aromatic N) is 2. The number of aromatic nitrogens is 2. The van der Waals surface area contributed by atoms with Crippen LogP contribution in [-0.2, 0) is 11.2 Å². The number of carbonyl (C=O) groups is 1. The van der Waals surface area contributed by atoms with E-state index in [0.29, 0.717) is 12.4 Å². The van der Waals surface area contributed by atoms with Crippen molar-refractivity contribution >= 4 is 11.9 Å².